The van der Waals surface area contributed by atoms with E-state index in [-0.39, 0.29) is 11.8 Å². The van der Waals surface area contributed by atoms with Gasteiger partial charge in [-0.25, -0.2) is 0 Å². The van der Waals surface area contributed by atoms with E-state index in [1.807, 2.05) is 65.2 Å². The molecule has 5 heteroatoms. The molecule has 140 valence electrons. The van der Waals surface area contributed by atoms with Crippen molar-refractivity contribution < 1.29 is 14.3 Å². The summed E-state index contributed by atoms with van der Waals surface area (Å²) >= 11 is 0. The number of aryl methyl sites for hydroxylation is 1. The van der Waals surface area contributed by atoms with E-state index in [1.54, 1.807) is 14.2 Å². The van der Waals surface area contributed by atoms with Crippen LogP contribution in [0, 0.1) is 0 Å². The zero-order chi connectivity index (χ0) is 19.0. The van der Waals surface area contributed by atoms with Gasteiger partial charge in [-0.05, 0) is 42.8 Å². The molecule has 0 spiro atoms. The van der Waals surface area contributed by atoms with Gasteiger partial charge in [-0.3, -0.25) is 4.79 Å². The van der Waals surface area contributed by atoms with Crippen LogP contribution in [0.4, 0.5) is 0 Å². The number of fused-ring (bicyclic) bond motifs is 1. The second-order valence-electron chi connectivity index (χ2n) is 7.01. The summed E-state index contributed by atoms with van der Waals surface area (Å²) in [6.07, 6.45) is 2.91. The lowest BCUT2D eigenvalue weighted by Crippen LogP contribution is -2.28. The zero-order valence-electron chi connectivity index (χ0n) is 15.9. The first-order valence-electron chi connectivity index (χ1n) is 9.17. The zero-order valence-corrected chi connectivity index (χ0v) is 15.9. The monoisotopic (exact) mass is 364 g/mol. The number of nitrogens with zero attached hydrogens (tertiary/aromatic N) is 2. The predicted octanol–water partition coefficient (Wildman–Crippen LogP) is 3.83. The smallest absolute Gasteiger partial charge is 0.254 e. The maximum Gasteiger partial charge on any atom is 0.254 e. The van der Waals surface area contributed by atoms with Crippen molar-refractivity contribution in [3.63, 3.8) is 0 Å². The fraction of sp³-hybridized carbons (Fsp3) is 0.318. The third kappa shape index (κ3) is 3.03. The summed E-state index contributed by atoms with van der Waals surface area (Å²) in [5, 5.41) is 1.01. The molecule has 3 aromatic rings. The largest absolute Gasteiger partial charge is 0.497 e. The first kappa shape index (κ1) is 17.5. The molecule has 0 bridgehead atoms. The lowest BCUT2D eigenvalue weighted by molar-refractivity contribution is 0.0792. The second-order valence-corrected chi connectivity index (χ2v) is 7.01. The van der Waals surface area contributed by atoms with Crippen molar-refractivity contribution in [1.29, 1.82) is 0 Å². The Labute approximate surface area is 159 Å². The average molecular weight is 364 g/mol. The molecule has 1 aliphatic heterocycles. The molecule has 0 aliphatic carbocycles. The average Bonchev–Trinajstić information content (AvgIpc) is 3.34. The summed E-state index contributed by atoms with van der Waals surface area (Å²) in [5.41, 5.74) is 2.95. The molecule has 1 unspecified atom stereocenters. The highest BCUT2D eigenvalue weighted by molar-refractivity contribution is 6.06. The maximum absolute atomic E-state index is 13.2. The van der Waals surface area contributed by atoms with Gasteiger partial charge >= 0.3 is 0 Å². The van der Waals surface area contributed by atoms with Crippen LogP contribution in [0.3, 0.4) is 0 Å². The van der Waals surface area contributed by atoms with Gasteiger partial charge in [-0.1, -0.05) is 6.07 Å². The maximum atomic E-state index is 13.2. The molecule has 1 saturated heterocycles. The Morgan fingerprint density at radius 1 is 1.11 bits per heavy atom. The molecule has 1 amide bonds. The molecule has 1 aromatic heterocycles. The number of carbonyl (C=O) groups is 1. The van der Waals surface area contributed by atoms with Crippen LogP contribution >= 0.6 is 0 Å². The van der Waals surface area contributed by atoms with E-state index < -0.39 is 0 Å². The number of carbonyl (C=O) groups excluding carboxylic acids is 1. The van der Waals surface area contributed by atoms with Gasteiger partial charge in [0.2, 0.25) is 0 Å². The van der Waals surface area contributed by atoms with Crippen LogP contribution in [0.5, 0.6) is 11.5 Å². The first-order valence-corrected chi connectivity index (χ1v) is 9.17. The van der Waals surface area contributed by atoms with Crippen molar-refractivity contribution in [2.75, 3.05) is 27.3 Å². The fourth-order valence-corrected chi connectivity index (χ4v) is 4.02. The molecule has 2 heterocycles. The molecular weight excluding hydrogens is 340 g/mol. The van der Waals surface area contributed by atoms with E-state index in [2.05, 4.69) is 0 Å². The van der Waals surface area contributed by atoms with Gasteiger partial charge in [0.05, 0.1) is 14.2 Å². The standard InChI is InChI=1S/C22H24N2O3/c1-23-11-10-17-18(5-4-6-20(17)23)22(25)24-12-9-15(14-24)19-13-16(26-2)7-8-21(19)27-3/h4-8,10-11,13,15H,9,12,14H2,1-3H3. The number of aromatic nitrogens is 1. The lowest BCUT2D eigenvalue weighted by atomic mass is 9.97. The van der Waals surface area contributed by atoms with Crippen LogP contribution in [-0.2, 0) is 7.05 Å². The van der Waals surface area contributed by atoms with Gasteiger partial charge in [-0.2, -0.15) is 0 Å². The SMILES string of the molecule is COc1ccc(OC)c(C2CCN(C(=O)c3cccc4c3ccn4C)C2)c1. The Morgan fingerprint density at radius 3 is 2.74 bits per heavy atom. The molecule has 2 aromatic carbocycles. The normalized spacial score (nSPS) is 16.7. The lowest BCUT2D eigenvalue weighted by Gasteiger charge is -2.19. The summed E-state index contributed by atoms with van der Waals surface area (Å²) < 4.78 is 12.9. The van der Waals surface area contributed by atoms with Crippen molar-refractivity contribution in [2.45, 2.75) is 12.3 Å². The van der Waals surface area contributed by atoms with Gasteiger partial charge in [0.25, 0.3) is 5.91 Å². The van der Waals surface area contributed by atoms with Crippen molar-refractivity contribution in [2.24, 2.45) is 7.05 Å². The Balaban J connectivity index is 1.60. The molecule has 4 rings (SSSR count). The Kier molecular flexibility index (Phi) is 4.52. The van der Waals surface area contributed by atoms with Gasteiger partial charge in [0, 0.05) is 54.3 Å². The Hall–Kier alpha value is -2.95. The van der Waals surface area contributed by atoms with E-state index in [0.717, 1.165) is 46.5 Å². The van der Waals surface area contributed by atoms with E-state index in [9.17, 15) is 4.79 Å². The molecule has 1 fully saturated rings. The van der Waals surface area contributed by atoms with E-state index in [0.29, 0.717) is 6.54 Å². The van der Waals surface area contributed by atoms with Crippen LogP contribution in [0.1, 0.15) is 28.3 Å². The Bertz CT molecular complexity index is 992. The minimum absolute atomic E-state index is 0.0937. The minimum Gasteiger partial charge on any atom is -0.497 e. The number of hydrogen-bond donors (Lipinski definition) is 0. The number of amides is 1. The summed E-state index contributed by atoms with van der Waals surface area (Å²) in [5.74, 6) is 2.00. The molecule has 1 aliphatic rings. The molecule has 0 N–H and O–H groups in total. The van der Waals surface area contributed by atoms with E-state index >= 15 is 0 Å². The summed E-state index contributed by atoms with van der Waals surface area (Å²) in [6.45, 7) is 1.43. The van der Waals surface area contributed by atoms with Gasteiger partial charge < -0.3 is 18.9 Å². The summed E-state index contributed by atoms with van der Waals surface area (Å²) in [6, 6.07) is 13.8. The molecular formula is C22H24N2O3. The van der Waals surface area contributed by atoms with Gasteiger partial charge in [0.15, 0.2) is 0 Å². The highest BCUT2D eigenvalue weighted by atomic mass is 16.5. The molecule has 0 radical (unpaired) electrons. The third-order valence-corrected chi connectivity index (χ3v) is 5.51. The molecule has 5 nitrogen and oxygen atoms in total. The highest BCUT2D eigenvalue weighted by Gasteiger charge is 2.30. The third-order valence-electron chi connectivity index (χ3n) is 5.51. The van der Waals surface area contributed by atoms with Crippen LogP contribution in [0.2, 0.25) is 0 Å². The minimum atomic E-state index is 0.0937. The second kappa shape index (κ2) is 6.99. The van der Waals surface area contributed by atoms with Crippen LogP contribution < -0.4 is 9.47 Å². The summed E-state index contributed by atoms with van der Waals surface area (Å²) in [4.78, 5) is 15.1. The van der Waals surface area contributed by atoms with E-state index in [1.165, 1.54) is 0 Å². The van der Waals surface area contributed by atoms with Crippen molar-refractivity contribution in [3.8, 4) is 11.5 Å². The number of benzene rings is 2. The number of hydrogen-bond acceptors (Lipinski definition) is 3. The fourth-order valence-electron chi connectivity index (χ4n) is 4.02. The van der Waals surface area contributed by atoms with E-state index in [4.69, 9.17) is 9.47 Å². The van der Waals surface area contributed by atoms with Crippen molar-refractivity contribution >= 4 is 16.8 Å². The number of likely N-dealkylation sites (tertiary alicyclic amines) is 1. The summed E-state index contributed by atoms with van der Waals surface area (Å²) in [7, 11) is 5.34. The molecule has 0 saturated carbocycles. The highest BCUT2D eigenvalue weighted by Crippen LogP contribution is 2.36. The topological polar surface area (TPSA) is 43.7 Å². The van der Waals surface area contributed by atoms with Crippen LogP contribution in [0.25, 0.3) is 10.9 Å². The van der Waals surface area contributed by atoms with Gasteiger partial charge in [0.1, 0.15) is 11.5 Å². The molecule has 27 heavy (non-hydrogen) atoms. The van der Waals surface area contributed by atoms with Crippen LogP contribution in [-0.4, -0.2) is 42.7 Å². The van der Waals surface area contributed by atoms with Crippen LogP contribution in [0.15, 0.2) is 48.7 Å². The van der Waals surface area contributed by atoms with Gasteiger partial charge in [-0.15, -0.1) is 0 Å². The predicted molar refractivity (Wildman–Crippen MR) is 106 cm³/mol. The van der Waals surface area contributed by atoms with Crippen molar-refractivity contribution in [1.82, 2.24) is 9.47 Å². The quantitative estimate of drug-likeness (QED) is 0.707. The number of ether oxygens (including phenoxy) is 2. The Morgan fingerprint density at radius 2 is 1.96 bits per heavy atom. The first-order chi connectivity index (χ1) is 13.1. The number of rotatable bonds is 4. The van der Waals surface area contributed by atoms with Crippen molar-refractivity contribution in [3.05, 3.63) is 59.8 Å². The molecule has 1 atom stereocenters. The number of methoxy groups -OCH3 is 2.